The number of nitrogens with one attached hydrogen (secondary N) is 1. The molecule has 2 rings (SSSR count). The van der Waals surface area contributed by atoms with Gasteiger partial charge in [-0.15, -0.1) is 0 Å². The van der Waals surface area contributed by atoms with Crippen molar-refractivity contribution in [1.29, 1.82) is 0 Å². The van der Waals surface area contributed by atoms with Gasteiger partial charge in [-0.05, 0) is 42.5 Å². The number of carboxylic acids is 1. The Balaban J connectivity index is 2.06. The molecule has 0 amide bonds. The monoisotopic (exact) mass is 252 g/mol. The number of nitrogens with two attached hydrogens (primary N) is 1. The van der Waals surface area contributed by atoms with Crippen LogP contribution < -0.4 is 11.1 Å². The molecule has 1 aliphatic heterocycles. The number of carboxylic acid groups (broad SMARTS) is 1. The molecule has 4 N–H and O–H groups in total. The summed E-state index contributed by atoms with van der Waals surface area (Å²) in [5.41, 5.74) is 7.08. The lowest BCUT2D eigenvalue weighted by atomic mass is 10.1. The predicted molar refractivity (Wildman–Crippen MR) is 71.8 cm³/mol. The molecular formula is C12H16N2O2S. The zero-order chi connectivity index (χ0) is 12.3. The van der Waals surface area contributed by atoms with E-state index < -0.39 is 5.97 Å². The molecule has 0 aromatic heterocycles. The van der Waals surface area contributed by atoms with Crippen molar-refractivity contribution in [2.24, 2.45) is 0 Å². The lowest BCUT2D eigenvalue weighted by molar-refractivity contribution is 0.0698. The molecule has 1 saturated heterocycles. The molecule has 1 aromatic carbocycles. The summed E-state index contributed by atoms with van der Waals surface area (Å²) < 4.78 is 0. The van der Waals surface area contributed by atoms with E-state index in [1.54, 1.807) is 18.2 Å². The Labute approximate surface area is 105 Å². The first kappa shape index (κ1) is 12.1. The minimum Gasteiger partial charge on any atom is -0.478 e. The molecule has 17 heavy (non-hydrogen) atoms. The zero-order valence-electron chi connectivity index (χ0n) is 9.48. The lowest BCUT2D eigenvalue weighted by Crippen LogP contribution is -2.24. The highest BCUT2D eigenvalue weighted by molar-refractivity contribution is 7.99. The molecule has 0 unspecified atom stereocenters. The van der Waals surface area contributed by atoms with E-state index in [4.69, 9.17) is 10.8 Å². The Hall–Kier alpha value is -1.36. The van der Waals surface area contributed by atoms with Crippen LogP contribution in [-0.4, -0.2) is 28.6 Å². The number of hydrogen-bond donors (Lipinski definition) is 3. The van der Waals surface area contributed by atoms with Crippen LogP contribution in [0.25, 0.3) is 0 Å². The third-order valence-electron chi connectivity index (χ3n) is 2.87. The summed E-state index contributed by atoms with van der Waals surface area (Å²) in [5.74, 6) is 1.38. The summed E-state index contributed by atoms with van der Waals surface area (Å²) in [4.78, 5) is 10.8. The summed E-state index contributed by atoms with van der Waals surface area (Å²) in [6.07, 6.45) is 2.29. The second kappa shape index (κ2) is 5.31. The Morgan fingerprint density at radius 1 is 1.41 bits per heavy atom. The summed E-state index contributed by atoms with van der Waals surface area (Å²) in [6, 6.07) is 5.51. The molecule has 1 heterocycles. The van der Waals surface area contributed by atoms with Crippen LogP contribution in [-0.2, 0) is 0 Å². The highest BCUT2D eigenvalue weighted by Gasteiger charge is 2.14. The second-order valence-electron chi connectivity index (χ2n) is 4.14. The van der Waals surface area contributed by atoms with Crippen molar-refractivity contribution in [2.45, 2.75) is 18.9 Å². The van der Waals surface area contributed by atoms with Crippen molar-refractivity contribution < 1.29 is 9.90 Å². The summed E-state index contributed by atoms with van der Waals surface area (Å²) in [7, 11) is 0. The molecule has 92 valence electrons. The number of thioether (sulfide) groups is 1. The van der Waals surface area contributed by atoms with Gasteiger partial charge in [-0.2, -0.15) is 11.8 Å². The van der Waals surface area contributed by atoms with Crippen LogP contribution in [0.3, 0.4) is 0 Å². The van der Waals surface area contributed by atoms with Gasteiger partial charge < -0.3 is 16.2 Å². The van der Waals surface area contributed by atoms with Crippen molar-refractivity contribution in [2.75, 3.05) is 22.6 Å². The van der Waals surface area contributed by atoms with Gasteiger partial charge in [0.1, 0.15) is 0 Å². The number of rotatable bonds is 3. The van der Waals surface area contributed by atoms with E-state index in [-0.39, 0.29) is 5.56 Å². The van der Waals surface area contributed by atoms with Crippen LogP contribution in [0.1, 0.15) is 23.2 Å². The van der Waals surface area contributed by atoms with E-state index in [1.807, 2.05) is 11.8 Å². The van der Waals surface area contributed by atoms with Crippen molar-refractivity contribution in [3.63, 3.8) is 0 Å². The van der Waals surface area contributed by atoms with Gasteiger partial charge in [-0.1, -0.05) is 0 Å². The van der Waals surface area contributed by atoms with Crippen LogP contribution in [0.2, 0.25) is 0 Å². The van der Waals surface area contributed by atoms with E-state index in [2.05, 4.69) is 5.32 Å². The van der Waals surface area contributed by atoms with Crippen LogP contribution >= 0.6 is 11.8 Å². The van der Waals surface area contributed by atoms with Gasteiger partial charge in [-0.25, -0.2) is 4.79 Å². The summed E-state index contributed by atoms with van der Waals surface area (Å²) in [5, 5.41) is 12.3. The predicted octanol–water partition coefficient (Wildman–Crippen LogP) is 2.27. The first-order valence-electron chi connectivity index (χ1n) is 5.64. The maximum absolute atomic E-state index is 10.8. The fraction of sp³-hybridized carbons (Fsp3) is 0.417. The largest absolute Gasteiger partial charge is 0.478 e. The topological polar surface area (TPSA) is 75.3 Å². The Morgan fingerprint density at radius 2 is 2.12 bits per heavy atom. The van der Waals surface area contributed by atoms with Crippen molar-refractivity contribution in [3.8, 4) is 0 Å². The molecule has 1 aliphatic rings. The molecule has 5 heteroatoms. The maximum Gasteiger partial charge on any atom is 0.337 e. The average Bonchev–Trinajstić information content (AvgIpc) is 2.30. The highest BCUT2D eigenvalue weighted by atomic mass is 32.2. The molecule has 0 saturated carbocycles. The first-order valence-corrected chi connectivity index (χ1v) is 6.79. The van der Waals surface area contributed by atoms with E-state index in [1.165, 1.54) is 11.5 Å². The molecule has 0 radical (unpaired) electrons. The van der Waals surface area contributed by atoms with Gasteiger partial charge in [0, 0.05) is 17.4 Å². The lowest BCUT2D eigenvalue weighted by Gasteiger charge is -2.23. The zero-order valence-corrected chi connectivity index (χ0v) is 10.3. The van der Waals surface area contributed by atoms with Crippen molar-refractivity contribution in [1.82, 2.24) is 0 Å². The van der Waals surface area contributed by atoms with Gasteiger partial charge in [0.25, 0.3) is 0 Å². The number of anilines is 2. The van der Waals surface area contributed by atoms with E-state index >= 15 is 0 Å². The molecule has 0 aliphatic carbocycles. The molecule has 1 aromatic rings. The fourth-order valence-electron chi connectivity index (χ4n) is 1.92. The van der Waals surface area contributed by atoms with E-state index in [0.29, 0.717) is 11.7 Å². The smallest absolute Gasteiger partial charge is 0.337 e. The van der Waals surface area contributed by atoms with E-state index in [0.717, 1.165) is 18.5 Å². The quantitative estimate of drug-likeness (QED) is 0.719. The molecule has 4 nitrogen and oxygen atoms in total. The van der Waals surface area contributed by atoms with Gasteiger partial charge in [0.2, 0.25) is 0 Å². The summed E-state index contributed by atoms with van der Waals surface area (Å²) >= 11 is 1.98. The standard InChI is InChI=1S/C12H16N2O2S/c13-11-7-9(1-2-10(11)12(15)16)14-8-3-5-17-6-4-8/h1-2,7-8,14H,3-6,13H2,(H,15,16). The molecule has 0 spiro atoms. The minimum absolute atomic E-state index is 0.162. The van der Waals surface area contributed by atoms with Gasteiger partial charge >= 0.3 is 5.97 Å². The molecule has 0 bridgehead atoms. The Kier molecular flexibility index (Phi) is 3.78. The van der Waals surface area contributed by atoms with Crippen LogP contribution in [0.15, 0.2) is 18.2 Å². The minimum atomic E-state index is -0.983. The van der Waals surface area contributed by atoms with Gasteiger partial charge in [-0.3, -0.25) is 0 Å². The SMILES string of the molecule is Nc1cc(NC2CCSCC2)ccc1C(=O)O. The van der Waals surface area contributed by atoms with Crippen molar-refractivity contribution >= 4 is 29.1 Å². The highest BCUT2D eigenvalue weighted by Crippen LogP contribution is 2.23. The number of hydrogen-bond acceptors (Lipinski definition) is 4. The number of nitrogen functional groups attached to an aromatic ring is 1. The maximum atomic E-state index is 10.8. The second-order valence-corrected chi connectivity index (χ2v) is 5.36. The third-order valence-corrected chi connectivity index (χ3v) is 3.92. The number of aromatic carboxylic acids is 1. The van der Waals surface area contributed by atoms with Gasteiger partial charge in [0.15, 0.2) is 0 Å². The molecule has 0 atom stereocenters. The normalized spacial score (nSPS) is 16.7. The van der Waals surface area contributed by atoms with Crippen LogP contribution in [0.5, 0.6) is 0 Å². The average molecular weight is 252 g/mol. The first-order chi connectivity index (χ1) is 8.16. The molecule has 1 fully saturated rings. The van der Waals surface area contributed by atoms with Gasteiger partial charge in [0.05, 0.1) is 5.56 Å². The third kappa shape index (κ3) is 3.06. The van der Waals surface area contributed by atoms with Crippen LogP contribution in [0.4, 0.5) is 11.4 Å². The van der Waals surface area contributed by atoms with E-state index in [9.17, 15) is 4.79 Å². The van der Waals surface area contributed by atoms with Crippen LogP contribution in [0, 0.1) is 0 Å². The number of carbonyl (C=O) groups is 1. The Morgan fingerprint density at radius 3 is 2.71 bits per heavy atom. The summed E-state index contributed by atoms with van der Waals surface area (Å²) in [6.45, 7) is 0. The number of benzene rings is 1. The Bertz CT molecular complexity index is 417. The fourth-order valence-corrected chi connectivity index (χ4v) is 3.03. The van der Waals surface area contributed by atoms with Crippen molar-refractivity contribution in [3.05, 3.63) is 23.8 Å². The molecular weight excluding hydrogens is 236 g/mol.